The van der Waals surface area contributed by atoms with E-state index in [0.29, 0.717) is 12.3 Å². The molecule has 0 spiro atoms. The summed E-state index contributed by atoms with van der Waals surface area (Å²) >= 11 is 0. The van der Waals surface area contributed by atoms with Crippen molar-refractivity contribution in [3.63, 3.8) is 0 Å². The number of unbranched alkanes of at least 4 members (excludes halogenated alkanes) is 1. The van der Waals surface area contributed by atoms with Crippen LogP contribution in [0.5, 0.6) is 0 Å². The van der Waals surface area contributed by atoms with Crippen LogP contribution in [0, 0.1) is 5.92 Å². The molecule has 88 valence electrons. The van der Waals surface area contributed by atoms with Gasteiger partial charge in [0.05, 0.1) is 0 Å². The maximum absolute atomic E-state index is 10.8. The summed E-state index contributed by atoms with van der Waals surface area (Å²) in [7, 11) is 0. The molecule has 1 amide bonds. The fraction of sp³-hybridized carbons (Fsp3) is 0.909. The lowest BCUT2D eigenvalue weighted by molar-refractivity contribution is -0.119. The Hall–Kier alpha value is -0.610. The number of hydrogen-bond acceptors (Lipinski definition) is 3. The van der Waals surface area contributed by atoms with Gasteiger partial charge in [0.25, 0.3) is 0 Å². The minimum Gasteiger partial charge on any atom is -0.370 e. The van der Waals surface area contributed by atoms with Gasteiger partial charge in [-0.25, -0.2) is 0 Å². The molecule has 0 saturated carbocycles. The highest BCUT2D eigenvalue weighted by molar-refractivity contribution is 5.73. The number of carbonyl (C=O) groups is 1. The summed E-state index contributed by atoms with van der Waals surface area (Å²) in [6.45, 7) is 4.17. The molecule has 4 nitrogen and oxygen atoms in total. The van der Waals surface area contributed by atoms with Crippen LogP contribution in [-0.4, -0.2) is 37.0 Å². The molecule has 1 aliphatic rings. The van der Waals surface area contributed by atoms with Gasteiger partial charge in [0.1, 0.15) is 0 Å². The molecular formula is C11H23N3O. The molecule has 0 aromatic carbocycles. The van der Waals surface area contributed by atoms with Crippen LogP contribution in [-0.2, 0) is 4.79 Å². The predicted octanol–water partition coefficient (Wildman–Crippen LogP) is 0.313. The molecule has 1 rings (SSSR count). The second-order valence-electron chi connectivity index (χ2n) is 4.45. The van der Waals surface area contributed by atoms with Crippen molar-refractivity contribution < 1.29 is 4.79 Å². The number of carbonyl (C=O) groups excluding carboxylic acids is 1. The van der Waals surface area contributed by atoms with E-state index in [2.05, 4.69) is 4.90 Å². The molecule has 1 fully saturated rings. The second kappa shape index (κ2) is 6.80. The summed E-state index contributed by atoms with van der Waals surface area (Å²) in [6, 6.07) is 0. The zero-order valence-electron chi connectivity index (χ0n) is 9.45. The van der Waals surface area contributed by atoms with Crippen LogP contribution in [0.3, 0.4) is 0 Å². The number of likely N-dealkylation sites (tertiary alicyclic amines) is 1. The first-order valence-electron chi connectivity index (χ1n) is 5.93. The monoisotopic (exact) mass is 213 g/mol. The van der Waals surface area contributed by atoms with Crippen LogP contribution in [0.15, 0.2) is 0 Å². The van der Waals surface area contributed by atoms with E-state index in [1.165, 1.54) is 6.42 Å². The number of amides is 1. The Morgan fingerprint density at radius 2 is 1.93 bits per heavy atom. The Balaban J connectivity index is 2.10. The van der Waals surface area contributed by atoms with Gasteiger partial charge in [-0.15, -0.1) is 0 Å². The van der Waals surface area contributed by atoms with Gasteiger partial charge in [-0.1, -0.05) is 0 Å². The third kappa shape index (κ3) is 5.14. The van der Waals surface area contributed by atoms with Crippen LogP contribution in [0.25, 0.3) is 0 Å². The minimum atomic E-state index is -0.156. The lowest BCUT2D eigenvalue weighted by Gasteiger charge is -2.31. The molecule has 0 aromatic heterocycles. The highest BCUT2D eigenvalue weighted by Crippen LogP contribution is 2.20. The average molecular weight is 213 g/mol. The molecule has 15 heavy (non-hydrogen) atoms. The summed E-state index contributed by atoms with van der Waals surface area (Å²) in [5.74, 6) is 0.366. The summed E-state index contributed by atoms with van der Waals surface area (Å²) < 4.78 is 0. The third-order valence-electron chi connectivity index (χ3n) is 3.13. The molecule has 0 unspecified atom stereocenters. The van der Waals surface area contributed by atoms with Crippen LogP contribution >= 0.6 is 0 Å². The first-order valence-corrected chi connectivity index (χ1v) is 5.93. The molecule has 0 atom stereocenters. The largest absolute Gasteiger partial charge is 0.370 e. The topological polar surface area (TPSA) is 72.3 Å². The molecule has 4 N–H and O–H groups in total. The SMILES string of the molecule is NCCCCN1CCC(CC(N)=O)CC1. The maximum atomic E-state index is 10.8. The normalized spacial score (nSPS) is 19.3. The van der Waals surface area contributed by atoms with Crippen LogP contribution in [0.2, 0.25) is 0 Å². The van der Waals surface area contributed by atoms with Crippen molar-refractivity contribution >= 4 is 5.91 Å². The first-order chi connectivity index (χ1) is 7.22. The van der Waals surface area contributed by atoms with E-state index in [4.69, 9.17) is 11.5 Å². The van der Waals surface area contributed by atoms with Gasteiger partial charge >= 0.3 is 0 Å². The van der Waals surface area contributed by atoms with Crippen molar-refractivity contribution in [2.24, 2.45) is 17.4 Å². The Bertz CT molecular complexity index is 188. The molecule has 1 heterocycles. The number of nitrogens with two attached hydrogens (primary N) is 2. The predicted molar refractivity (Wildman–Crippen MR) is 61.3 cm³/mol. The number of nitrogens with zero attached hydrogens (tertiary/aromatic N) is 1. The Morgan fingerprint density at radius 3 is 2.47 bits per heavy atom. The highest BCUT2D eigenvalue weighted by atomic mass is 16.1. The van der Waals surface area contributed by atoms with Gasteiger partial charge in [-0.2, -0.15) is 0 Å². The van der Waals surface area contributed by atoms with Gasteiger partial charge in [0.15, 0.2) is 0 Å². The number of hydrogen-bond donors (Lipinski definition) is 2. The summed E-state index contributed by atoms with van der Waals surface area (Å²) in [5.41, 5.74) is 10.6. The van der Waals surface area contributed by atoms with Crippen molar-refractivity contribution in [3.8, 4) is 0 Å². The first kappa shape index (κ1) is 12.5. The Morgan fingerprint density at radius 1 is 1.27 bits per heavy atom. The van der Waals surface area contributed by atoms with Crippen molar-refractivity contribution in [2.75, 3.05) is 26.2 Å². The lowest BCUT2D eigenvalue weighted by Crippen LogP contribution is -2.35. The standard InChI is InChI=1S/C11H23N3O/c12-5-1-2-6-14-7-3-10(4-8-14)9-11(13)15/h10H,1-9,12H2,(H2,13,15). The third-order valence-corrected chi connectivity index (χ3v) is 3.13. The summed E-state index contributed by atoms with van der Waals surface area (Å²) in [4.78, 5) is 13.2. The van der Waals surface area contributed by atoms with Crippen LogP contribution in [0.4, 0.5) is 0 Å². The number of primary amides is 1. The highest BCUT2D eigenvalue weighted by Gasteiger charge is 2.19. The van der Waals surface area contributed by atoms with E-state index < -0.39 is 0 Å². The molecule has 1 saturated heterocycles. The minimum absolute atomic E-state index is 0.156. The number of rotatable bonds is 6. The molecule has 0 bridgehead atoms. The fourth-order valence-electron chi connectivity index (χ4n) is 2.18. The Labute approximate surface area is 92.0 Å². The average Bonchev–Trinajstić information content (AvgIpc) is 2.20. The van der Waals surface area contributed by atoms with E-state index >= 15 is 0 Å². The van der Waals surface area contributed by atoms with Crippen LogP contribution < -0.4 is 11.5 Å². The molecule has 1 aliphatic heterocycles. The zero-order valence-corrected chi connectivity index (χ0v) is 9.45. The van der Waals surface area contributed by atoms with Gasteiger partial charge in [0.2, 0.25) is 5.91 Å². The summed E-state index contributed by atoms with van der Waals surface area (Å²) in [6.07, 6.45) is 5.10. The Kier molecular flexibility index (Phi) is 5.65. The number of piperidine rings is 1. The molecule has 0 aromatic rings. The fourth-order valence-corrected chi connectivity index (χ4v) is 2.18. The smallest absolute Gasteiger partial charge is 0.217 e. The molecule has 4 heteroatoms. The van der Waals surface area contributed by atoms with E-state index in [0.717, 1.165) is 45.4 Å². The van der Waals surface area contributed by atoms with Gasteiger partial charge in [-0.3, -0.25) is 4.79 Å². The van der Waals surface area contributed by atoms with Gasteiger partial charge < -0.3 is 16.4 Å². The van der Waals surface area contributed by atoms with Crippen molar-refractivity contribution in [2.45, 2.75) is 32.1 Å². The zero-order chi connectivity index (χ0) is 11.1. The van der Waals surface area contributed by atoms with E-state index in [1.807, 2.05) is 0 Å². The van der Waals surface area contributed by atoms with E-state index in [9.17, 15) is 4.79 Å². The van der Waals surface area contributed by atoms with E-state index in [1.54, 1.807) is 0 Å². The van der Waals surface area contributed by atoms with Crippen molar-refractivity contribution in [1.29, 1.82) is 0 Å². The van der Waals surface area contributed by atoms with Gasteiger partial charge in [-0.05, 0) is 57.8 Å². The lowest BCUT2D eigenvalue weighted by atomic mass is 9.93. The summed E-state index contributed by atoms with van der Waals surface area (Å²) in [5, 5.41) is 0. The van der Waals surface area contributed by atoms with Crippen molar-refractivity contribution in [3.05, 3.63) is 0 Å². The van der Waals surface area contributed by atoms with E-state index in [-0.39, 0.29) is 5.91 Å². The molecule has 0 radical (unpaired) electrons. The van der Waals surface area contributed by atoms with Crippen LogP contribution in [0.1, 0.15) is 32.1 Å². The maximum Gasteiger partial charge on any atom is 0.217 e. The van der Waals surface area contributed by atoms with Crippen molar-refractivity contribution in [1.82, 2.24) is 4.90 Å². The quantitative estimate of drug-likeness (QED) is 0.624. The second-order valence-corrected chi connectivity index (χ2v) is 4.45. The van der Waals surface area contributed by atoms with Gasteiger partial charge in [0, 0.05) is 6.42 Å². The molecule has 0 aliphatic carbocycles. The molecular weight excluding hydrogens is 190 g/mol.